The van der Waals surface area contributed by atoms with Gasteiger partial charge in [0.1, 0.15) is 11.6 Å². The number of amides is 1. The van der Waals surface area contributed by atoms with Gasteiger partial charge in [0.05, 0.1) is 17.3 Å². The standard InChI is InChI=1S/C23H19FN2O3S/c1-12-4-6-15(7-5-12)19-18(20(27)16-8-10-17(24)11-9-16)21(28)22(29)26(19)23-25-13(2)14(3)30-23/h4-11,19,27H,1-3H3/b20-18+/t19-/m0/s1. The number of aliphatic hydroxyl groups excluding tert-OH is 1. The number of hydrogen-bond donors (Lipinski definition) is 1. The fraction of sp³-hybridized carbons (Fsp3) is 0.174. The Morgan fingerprint density at radius 1 is 1.03 bits per heavy atom. The first kappa shape index (κ1) is 20.0. The lowest BCUT2D eigenvalue weighted by atomic mass is 9.95. The van der Waals surface area contributed by atoms with E-state index < -0.39 is 23.5 Å². The largest absolute Gasteiger partial charge is 0.507 e. The summed E-state index contributed by atoms with van der Waals surface area (Å²) in [5.74, 6) is -2.35. The van der Waals surface area contributed by atoms with Crippen molar-refractivity contribution in [2.24, 2.45) is 0 Å². The van der Waals surface area contributed by atoms with Crippen LogP contribution in [0, 0.1) is 26.6 Å². The minimum atomic E-state index is -0.833. The molecular weight excluding hydrogens is 403 g/mol. The van der Waals surface area contributed by atoms with E-state index in [2.05, 4.69) is 4.98 Å². The Balaban J connectivity index is 1.94. The predicted molar refractivity (Wildman–Crippen MR) is 114 cm³/mol. The van der Waals surface area contributed by atoms with Gasteiger partial charge < -0.3 is 5.11 Å². The summed E-state index contributed by atoms with van der Waals surface area (Å²) in [4.78, 5) is 32.8. The van der Waals surface area contributed by atoms with Crippen molar-refractivity contribution in [1.82, 2.24) is 4.98 Å². The second kappa shape index (κ2) is 7.50. The predicted octanol–water partition coefficient (Wildman–Crippen LogP) is 4.83. The van der Waals surface area contributed by atoms with Crippen LogP contribution in [0.2, 0.25) is 0 Å². The summed E-state index contributed by atoms with van der Waals surface area (Å²) in [6, 6.07) is 11.7. The Labute approximate surface area is 177 Å². The molecular formula is C23H19FN2O3S. The molecule has 0 bridgehead atoms. The Bertz CT molecular complexity index is 1160. The first-order chi connectivity index (χ1) is 14.3. The number of aromatic nitrogens is 1. The molecule has 1 amide bonds. The van der Waals surface area contributed by atoms with Crippen LogP contribution in [0.25, 0.3) is 5.76 Å². The van der Waals surface area contributed by atoms with Crippen molar-refractivity contribution in [2.75, 3.05) is 4.90 Å². The van der Waals surface area contributed by atoms with Crippen LogP contribution in [-0.2, 0) is 9.59 Å². The highest BCUT2D eigenvalue weighted by Crippen LogP contribution is 2.43. The van der Waals surface area contributed by atoms with Gasteiger partial charge >= 0.3 is 5.91 Å². The molecule has 152 valence electrons. The van der Waals surface area contributed by atoms with Gasteiger partial charge in [-0.25, -0.2) is 9.37 Å². The maximum absolute atomic E-state index is 13.3. The number of nitrogens with zero attached hydrogens (tertiary/aromatic N) is 2. The minimum absolute atomic E-state index is 0.0408. The number of Topliss-reactive ketones (excluding diaryl/α,β-unsaturated/α-hetero) is 1. The summed E-state index contributed by atoms with van der Waals surface area (Å²) in [5, 5.41) is 11.3. The van der Waals surface area contributed by atoms with Gasteiger partial charge in [-0.05, 0) is 50.6 Å². The molecule has 3 aromatic rings. The maximum Gasteiger partial charge on any atom is 0.301 e. The summed E-state index contributed by atoms with van der Waals surface area (Å²) in [6.45, 7) is 5.67. The Morgan fingerprint density at radius 3 is 2.23 bits per heavy atom. The molecule has 0 saturated carbocycles. The topological polar surface area (TPSA) is 70.5 Å². The molecule has 1 saturated heterocycles. The number of aryl methyl sites for hydroxylation is 3. The molecule has 0 unspecified atom stereocenters. The lowest BCUT2D eigenvalue weighted by molar-refractivity contribution is -0.132. The quantitative estimate of drug-likeness (QED) is 0.373. The SMILES string of the molecule is Cc1ccc([C@H]2/C(=C(\O)c3ccc(F)cc3)C(=O)C(=O)N2c2nc(C)c(C)s2)cc1. The molecule has 1 atom stereocenters. The van der Waals surface area contributed by atoms with E-state index in [0.717, 1.165) is 16.1 Å². The Morgan fingerprint density at radius 2 is 1.67 bits per heavy atom. The molecule has 1 aromatic heterocycles. The summed E-state index contributed by atoms with van der Waals surface area (Å²) < 4.78 is 13.3. The van der Waals surface area contributed by atoms with Crippen molar-refractivity contribution < 1.29 is 19.1 Å². The first-order valence-corrected chi connectivity index (χ1v) is 10.2. The van der Waals surface area contributed by atoms with Gasteiger partial charge in [-0.3, -0.25) is 14.5 Å². The van der Waals surface area contributed by atoms with Gasteiger partial charge in [0.25, 0.3) is 5.78 Å². The molecule has 2 aromatic carbocycles. The van der Waals surface area contributed by atoms with Crippen molar-refractivity contribution in [3.63, 3.8) is 0 Å². The number of carbonyl (C=O) groups excluding carboxylic acids is 2. The minimum Gasteiger partial charge on any atom is -0.507 e. The van der Waals surface area contributed by atoms with E-state index >= 15 is 0 Å². The van der Waals surface area contributed by atoms with Gasteiger partial charge in [0.2, 0.25) is 0 Å². The lowest BCUT2D eigenvalue weighted by Gasteiger charge is -2.23. The average molecular weight is 422 g/mol. The van der Waals surface area contributed by atoms with Crippen LogP contribution >= 0.6 is 11.3 Å². The summed E-state index contributed by atoms with van der Waals surface area (Å²) in [6.07, 6.45) is 0. The second-order valence-corrected chi connectivity index (χ2v) is 8.41. The van der Waals surface area contributed by atoms with Crippen molar-refractivity contribution in [3.05, 3.63) is 87.2 Å². The molecule has 7 heteroatoms. The molecule has 0 spiro atoms. The normalized spacial score (nSPS) is 18.3. The smallest absolute Gasteiger partial charge is 0.301 e. The number of aliphatic hydroxyl groups is 1. The van der Waals surface area contributed by atoms with Crippen molar-refractivity contribution in [3.8, 4) is 0 Å². The molecule has 0 aliphatic carbocycles. The fourth-order valence-corrected chi connectivity index (χ4v) is 4.35. The third kappa shape index (κ3) is 3.31. The van der Waals surface area contributed by atoms with E-state index in [-0.39, 0.29) is 16.9 Å². The van der Waals surface area contributed by atoms with Gasteiger partial charge in [-0.1, -0.05) is 29.8 Å². The highest BCUT2D eigenvalue weighted by atomic mass is 32.1. The zero-order valence-electron chi connectivity index (χ0n) is 16.6. The molecule has 4 rings (SSSR count). The van der Waals surface area contributed by atoms with Gasteiger partial charge in [-0.2, -0.15) is 0 Å². The summed E-state index contributed by atoms with van der Waals surface area (Å²) >= 11 is 1.32. The van der Waals surface area contributed by atoms with Crippen LogP contribution in [0.15, 0.2) is 54.1 Å². The Kier molecular flexibility index (Phi) is 4.99. The third-order valence-electron chi connectivity index (χ3n) is 5.18. The number of rotatable bonds is 3. The molecule has 1 fully saturated rings. The molecule has 2 heterocycles. The van der Waals surface area contributed by atoms with Gasteiger partial charge in [-0.15, -0.1) is 11.3 Å². The lowest BCUT2D eigenvalue weighted by Crippen LogP contribution is -2.29. The first-order valence-electron chi connectivity index (χ1n) is 9.35. The van der Waals surface area contributed by atoms with Crippen LogP contribution in [0.4, 0.5) is 9.52 Å². The number of benzene rings is 2. The van der Waals surface area contributed by atoms with Crippen LogP contribution in [0.5, 0.6) is 0 Å². The second-order valence-electron chi connectivity index (χ2n) is 7.22. The zero-order chi connectivity index (χ0) is 21.6. The van der Waals surface area contributed by atoms with Crippen LogP contribution in [0.1, 0.15) is 33.3 Å². The summed E-state index contributed by atoms with van der Waals surface area (Å²) in [5.41, 5.74) is 2.70. The van der Waals surface area contributed by atoms with E-state index in [9.17, 15) is 19.1 Å². The van der Waals surface area contributed by atoms with Gasteiger partial charge in [0.15, 0.2) is 5.13 Å². The monoisotopic (exact) mass is 422 g/mol. The van der Waals surface area contributed by atoms with Crippen LogP contribution in [0.3, 0.4) is 0 Å². The maximum atomic E-state index is 13.3. The number of thiazole rings is 1. The molecule has 5 nitrogen and oxygen atoms in total. The van der Waals surface area contributed by atoms with Crippen LogP contribution < -0.4 is 4.90 Å². The van der Waals surface area contributed by atoms with Crippen molar-refractivity contribution in [1.29, 1.82) is 0 Å². The van der Waals surface area contributed by atoms with E-state index in [1.165, 1.54) is 40.5 Å². The van der Waals surface area contributed by atoms with Crippen LogP contribution in [-0.4, -0.2) is 21.8 Å². The number of hydrogen-bond acceptors (Lipinski definition) is 5. The molecule has 1 aliphatic heterocycles. The molecule has 1 N–H and O–H groups in total. The van der Waals surface area contributed by atoms with E-state index in [1.807, 2.05) is 45.0 Å². The average Bonchev–Trinajstić information content (AvgIpc) is 3.18. The van der Waals surface area contributed by atoms with E-state index in [1.54, 1.807) is 0 Å². The van der Waals surface area contributed by atoms with Crippen molar-refractivity contribution >= 4 is 33.9 Å². The third-order valence-corrected chi connectivity index (χ3v) is 6.25. The highest BCUT2D eigenvalue weighted by molar-refractivity contribution is 7.16. The number of halogens is 1. The molecule has 30 heavy (non-hydrogen) atoms. The molecule has 0 radical (unpaired) electrons. The molecule has 1 aliphatic rings. The van der Waals surface area contributed by atoms with E-state index in [0.29, 0.717) is 10.7 Å². The highest BCUT2D eigenvalue weighted by Gasteiger charge is 2.48. The fourth-order valence-electron chi connectivity index (χ4n) is 3.42. The summed E-state index contributed by atoms with van der Waals surface area (Å²) in [7, 11) is 0. The van der Waals surface area contributed by atoms with Crippen molar-refractivity contribution in [2.45, 2.75) is 26.8 Å². The Hall–Kier alpha value is -3.32. The van der Waals surface area contributed by atoms with Gasteiger partial charge in [0, 0.05) is 10.4 Å². The number of anilines is 1. The number of carbonyl (C=O) groups is 2. The zero-order valence-corrected chi connectivity index (χ0v) is 17.5. The number of ketones is 1. The van der Waals surface area contributed by atoms with E-state index in [4.69, 9.17) is 0 Å².